The summed E-state index contributed by atoms with van der Waals surface area (Å²) in [6.07, 6.45) is 8.35. The van der Waals surface area contributed by atoms with Crippen molar-refractivity contribution in [3.05, 3.63) is 67.6 Å². The summed E-state index contributed by atoms with van der Waals surface area (Å²) in [6.45, 7) is 7.73. The molecule has 0 unspecified atom stereocenters. The van der Waals surface area contributed by atoms with Gasteiger partial charge in [0.1, 0.15) is 10.6 Å². The van der Waals surface area contributed by atoms with Gasteiger partial charge in [-0.25, -0.2) is 4.79 Å². The molecular formula is C28H36Cl2N2O3. The monoisotopic (exact) mass is 518 g/mol. The fourth-order valence-corrected chi connectivity index (χ4v) is 5.63. The highest BCUT2D eigenvalue weighted by Crippen LogP contribution is 2.35. The molecule has 0 N–H and O–H groups in total. The van der Waals surface area contributed by atoms with Crippen LogP contribution in [0, 0.1) is 5.92 Å². The number of benzene rings is 1. The molecule has 1 aliphatic heterocycles. The number of hydrogen-bond donors (Lipinski definition) is 0. The molecule has 0 spiro atoms. The van der Waals surface area contributed by atoms with Gasteiger partial charge in [0, 0.05) is 19.1 Å². The molecular weight excluding hydrogens is 483 g/mol. The fourth-order valence-electron chi connectivity index (χ4n) is 5.10. The molecule has 4 rings (SSSR count). The number of nitrogens with zero attached hydrogens (tertiary/aromatic N) is 2. The largest absolute Gasteiger partial charge is 0.456 e. The molecule has 1 aromatic heterocycles. The predicted octanol–water partition coefficient (Wildman–Crippen LogP) is 6.51. The number of carbonyl (C=O) groups excluding carboxylic acids is 1. The van der Waals surface area contributed by atoms with E-state index in [0.29, 0.717) is 36.1 Å². The molecule has 1 aromatic carbocycles. The molecule has 2 aromatic rings. The minimum absolute atomic E-state index is 0.145. The molecule has 0 bridgehead atoms. The average Bonchev–Trinajstić information content (AvgIpc) is 3.20. The summed E-state index contributed by atoms with van der Waals surface area (Å²) in [4.78, 5) is 27.8. The molecule has 1 saturated heterocycles. The number of carbonyl (C=O) groups is 1. The molecule has 2 fully saturated rings. The van der Waals surface area contributed by atoms with Gasteiger partial charge in [-0.3, -0.25) is 9.69 Å². The van der Waals surface area contributed by atoms with Crippen molar-refractivity contribution in [1.29, 1.82) is 0 Å². The smallest absolute Gasteiger partial charge is 0.338 e. The quantitative estimate of drug-likeness (QED) is 0.373. The highest BCUT2D eigenvalue weighted by molar-refractivity contribution is 6.34. The van der Waals surface area contributed by atoms with Crippen molar-refractivity contribution in [2.24, 2.45) is 5.92 Å². The zero-order valence-electron chi connectivity index (χ0n) is 21.0. The van der Waals surface area contributed by atoms with Crippen LogP contribution < -0.4 is 5.56 Å². The molecule has 0 amide bonds. The third kappa shape index (κ3) is 6.69. The Morgan fingerprint density at radius 1 is 1.06 bits per heavy atom. The van der Waals surface area contributed by atoms with E-state index < -0.39 is 5.60 Å². The molecule has 2 heterocycles. The maximum Gasteiger partial charge on any atom is 0.338 e. The van der Waals surface area contributed by atoms with Crippen molar-refractivity contribution in [1.82, 2.24) is 9.47 Å². The summed E-state index contributed by atoms with van der Waals surface area (Å²) in [6, 6.07) is 9.51. The SMILES string of the molecule is CC(C)(C)OC(=O)c1ccc(CCn2c(CN3CCC[C@@H]3CC3CCC3)c(Cl)cc(Cl)c2=O)cc1. The molecule has 190 valence electrons. The number of aromatic nitrogens is 1. The van der Waals surface area contributed by atoms with Crippen molar-refractivity contribution in [2.75, 3.05) is 6.54 Å². The first-order chi connectivity index (χ1) is 16.6. The first-order valence-electron chi connectivity index (χ1n) is 12.7. The van der Waals surface area contributed by atoms with E-state index in [9.17, 15) is 9.59 Å². The van der Waals surface area contributed by atoms with Gasteiger partial charge in [-0.05, 0) is 82.7 Å². The van der Waals surface area contributed by atoms with Crippen LogP contribution in [0.1, 0.15) is 80.9 Å². The van der Waals surface area contributed by atoms with E-state index in [1.54, 1.807) is 22.8 Å². The van der Waals surface area contributed by atoms with Crippen LogP contribution in [0.3, 0.4) is 0 Å². The van der Waals surface area contributed by atoms with Gasteiger partial charge in [0.15, 0.2) is 0 Å². The summed E-state index contributed by atoms with van der Waals surface area (Å²) >= 11 is 12.9. The Bertz CT molecular complexity index is 1100. The Hall–Kier alpha value is -1.82. The molecule has 0 radical (unpaired) electrons. The first-order valence-corrected chi connectivity index (χ1v) is 13.5. The third-order valence-electron chi connectivity index (χ3n) is 7.20. The minimum atomic E-state index is -0.536. The van der Waals surface area contributed by atoms with Gasteiger partial charge < -0.3 is 9.30 Å². The van der Waals surface area contributed by atoms with E-state index in [0.717, 1.165) is 23.7 Å². The van der Waals surface area contributed by atoms with Gasteiger partial charge in [-0.1, -0.05) is 54.6 Å². The second kappa shape index (κ2) is 11.1. The van der Waals surface area contributed by atoms with Crippen LogP contribution in [0.15, 0.2) is 35.1 Å². The molecule has 2 aliphatic rings. The number of pyridine rings is 1. The Balaban J connectivity index is 1.47. The summed E-state index contributed by atoms with van der Waals surface area (Å²) < 4.78 is 7.18. The number of esters is 1. The van der Waals surface area contributed by atoms with E-state index in [-0.39, 0.29) is 16.6 Å². The number of halogens is 2. The molecule has 1 aliphatic carbocycles. The number of hydrogen-bond acceptors (Lipinski definition) is 4. The molecule has 5 nitrogen and oxygen atoms in total. The number of aryl methyl sites for hydroxylation is 1. The van der Waals surface area contributed by atoms with Crippen molar-refractivity contribution in [2.45, 2.75) is 90.4 Å². The van der Waals surface area contributed by atoms with Crippen molar-refractivity contribution >= 4 is 29.2 Å². The van der Waals surface area contributed by atoms with Crippen LogP contribution in [-0.2, 0) is 24.2 Å². The summed E-state index contributed by atoms with van der Waals surface area (Å²) in [5.41, 5.74) is 1.64. The van der Waals surface area contributed by atoms with E-state index >= 15 is 0 Å². The van der Waals surface area contributed by atoms with Gasteiger partial charge in [-0.15, -0.1) is 0 Å². The van der Waals surface area contributed by atoms with Crippen LogP contribution in [-0.4, -0.2) is 33.6 Å². The predicted molar refractivity (Wildman–Crippen MR) is 141 cm³/mol. The van der Waals surface area contributed by atoms with Crippen LogP contribution in [0.4, 0.5) is 0 Å². The molecule has 7 heteroatoms. The Morgan fingerprint density at radius 3 is 2.40 bits per heavy atom. The maximum atomic E-state index is 13.0. The lowest BCUT2D eigenvalue weighted by Gasteiger charge is -2.33. The summed E-state index contributed by atoms with van der Waals surface area (Å²) in [5, 5.41) is 0.690. The maximum absolute atomic E-state index is 13.0. The molecule has 1 atom stereocenters. The lowest BCUT2D eigenvalue weighted by Crippen LogP contribution is -2.35. The van der Waals surface area contributed by atoms with Crippen LogP contribution in [0.25, 0.3) is 0 Å². The van der Waals surface area contributed by atoms with Crippen LogP contribution in [0.5, 0.6) is 0 Å². The fraction of sp³-hybridized carbons (Fsp3) is 0.571. The Morgan fingerprint density at radius 2 is 1.77 bits per heavy atom. The summed E-state index contributed by atoms with van der Waals surface area (Å²) in [5.74, 6) is 0.512. The van der Waals surface area contributed by atoms with Crippen molar-refractivity contribution in [3.8, 4) is 0 Å². The lowest BCUT2D eigenvalue weighted by atomic mass is 9.80. The Labute approximate surface area is 218 Å². The second-order valence-electron chi connectivity index (χ2n) is 11.0. The van der Waals surface area contributed by atoms with Crippen molar-refractivity contribution in [3.63, 3.8) is 0 Å². The van der Waals surface area contributed by atoms with Gasteiger partial charge in [0.2, 0.25) is 0 Å². The van der Waals surface area contributed by atoms with E-state index in [1.807, 2.05) is 32.9 Å². The minimum Gasteiger partial charge on any atom is -0.456 e. The number of ether oxygens (including phenoxy) is 1. The lowest BCUT2D eigenvalue weighted by molar-refractivity contribution is 0.00695. The third-order valence-corrected chi connectivity index (χ3v) is 7.80. The van der Waals surface area contributed by atoms with E-state index in [1.165, 1.54) is 38.5 Å². The topological polar surface area (TPSA) is 51.5 Å². The second-order valence-corrected chi connectivity index (χ2v) is 11.8. The zero-order chi connectivity index (χ0) is 25.2. The normalized spacial score (nSPS) is 19.1. The van der Waals surface area contributed by atoms with E-state index in [4.69, 9.17) is 27.9 Å². The Kier molecular flexibility index (Phi) is 8.30. The van der Waals surface area contributed by atoms with Gasteiger partial charge in [0.05, 0.1) is 16.3 Å². The van der Waals surface area contributed by atoms with E-state index in [2.05, 4.69) is 4.90 Å². The zero-order valence-corrected chi connectivity index (χ0v) is 22.5. The highest BCUT2D eigenvalue weighted by atomic mass is 35.5. The molecule has 35 heavy (non-hydrogen) atoms. The number of likely N-dealkylation sites (tertiary alicyclic amines) is 1. The van der Waals surface area contributed by atoms with Crippen molar-refractivity contribution < 1.29 is 9.53 Å². The van der Waals surface area contributed by atoms with Crippen LogP contribution in [0.2, 0.25) is 10.0 Å². The first kappa shape index (κ1) is 26.2. The standard InChI is InChI=1S/C28H36Cl2N2O3/c1-28(2,3)35-27(34)21-11-9-19(10-12-21)13-15-32-25(23(29)17-24(30)26(32)33)18-31-14-5-8-22(31)16-20-6-4-7-20/h9-12,17,20,22H,4-8,13-16,18H2,1-3H3/t22-/m1/s1. The van der Waals surface area contributed by atoms with Gasteiger partial charge in [0.25, 0.3) is 5.56 Å². The van der Waals surface area contributed by atoms with Gasteiger partial charge in [-0.2, -0.15) is 0 Å². The van der Waals surface area contributed by atoms with Gasteiger partial charge >= 0.3 is 5.97 Å². The average molecular weight is 520 g/mol. The summed E-state index contributed by atoms with van der Waals surface area (Å²) in [7, 11) is 0. The molecule has 1 saturated carbocycles. The van der Waals surface area contributed by atoms with Crippen LogP contribution >= 0.6 is 23.2 Å². The number of rotatable bonds is 8. The highest BCUT2D eigenvalue weighted by Gasteiger charge is 2.30.